The maximum atomic E-state index is 12.8. The number of carboxylic acid groups (broad SMARTS) is 1. The number of alkyl carbamates (subject to hydrolysis) is 1. The number of benzene rings is 2. The molecule has 1 aliphatic heterocycles. The van der Waals surface area contributed by atoms with E-state index in [0.717, 1.165) is 22.3 Å². The average molecular weight is 437 g/mol. The normalized spacial score (nSPS) is 20.8. The summed E-state index contributed by atoms with van der Waals surface area (Å²) in [5.74, 6) is -1.74. The lowest BCUT2D eigenvalue weighted by Crippen LogP contribution is -2.52. The van der Waals surface area contributed by atoms with Crippen LogP contribution in [0.3, 0.4) is 0 Å². The predicted molar refractivity (Wildman–Crippen MR) is 119 cm³/mol. The highest BCUT2D eigenvalue weighted by Gasteiger charge is 2.34. The van der Waals surface area contributed by atoms with E-state index in [4.69, 9.17) is 4.74 Å². The van der Waals surface area contributed by atoms with Gasteiger partial charge < -0.3 is 20.1 Å². The summed E-state index contributed by atoms with van der Waals surface area (Å²) in [7, 11) is 0. The van der Waals surface area contributed by atoms with Crippen LogP contribution in [-0.2, 0) is 14.3 Å². The quantitative estimate of drug-likeness (QED) is 0.748. The van der Waals surface area contributed by atoms with Crippen molar-refractivity contribution in [3.8, 4) is 11.1 Å². The Balaban J connectivity index is 1.36. The van der Waals surface area contributed by atoms with Gasteiger partial charge in [0.1, 0.15) is 12.6 Å². The SMILES string of the molecule is CC1CC(C(=O)O)CN(C(=O)[C@H](C)NC(=O)OCC2c3ccccc3-c3ccccc32)C1. The van der Waals surface area contributed by atoms with Gasteiger partial charge in [-0.3, -0.25) is 9.59 Å². The molecule has 1 heterocycles. The average Bonchev–Trinajstić information content (AvgIpc) is 3.10. The van der Waals surface area contributed by atoms with E-state index in [1.165, 1.54) is 4.90 Å². The van der Waals surface area contributed by atoms with Crippen molar-refractivity contribution in [2.75, 3.05) is 19.7 Å². The number of hydrogen-bond donors (Lipinski definition) is 2. The molecule has 0 radical (unpaired) electrons. The number of nitrogens with one attached hydrogen (secondary N) is 1. The molecule has 1 fully saturated rings. The predicted octanol–water partition coefficient (Wildman–Crippen LogP) is 3.48. The van der Waals surface area contributed by atoms with E-state index in [2.05, 4.69) is 17.4 Å². The van der Waals surface area contributed by atoms with Crippen LogP contribution in [0, 0.1) is 11.8 Å². The second-order valence-electron chi connectivity index (χ2n) is 8.81. The minimum atomic E-state index is -0.897. The van der Waals surface area contributed by atoms with Crippen LogP contribution in [0.25, 0.3) is 11.1 Å². The van der Waals surface area contributed by atoms with Crippen molar-refractivity contribution in [3.63, 3.8) is 0 Å². The Morgan fingerprint density at radius 1 is 1.06 bits per heavy atom. The summed E-state index contributed by atoms with van der Waals surface area (Å²) >= 11 is 0. The first-order chi connectivity index (χ1) is 15.3. The number of fused-ring (bicyclic) bond motifs is 3. The number of carbonyl (C=O) groups is 3. The molecule has 2 aliphatic rings. The van der Waals surface area contributed by atoms with Crippen molar-refractivity contribution in [3.05, 3.63) is 59.7 Å². The second-order valence-corrected chi connectivity index (χ2v) is 8.81. The first kappa shape index (κ1) is 21.9. The van der Waals surface area contributed by atoms with Crippen LogP contribution in [0.5, 0.6) is 0 Å². The minimum absolute atomic E-state index is 0.0570. The van der Waals surface area contributed by atoms with E-state index in [-0.39, 0.29) is 30.9 Å². The molecule has 32 heavy (non-hydrogen) atoms. The molecule has 0 aromatic heterocycles. The van der Waals surface area contributed by atoms with Gasteiger partial charge in [0.2, 0.25) is 5.91 Å². The second kappa shape index (κ2) is 9.02. The Bertz CT molecular complexity index is 991. The fraction of sp³-hybridized carbons (Fsp3) is 0.400. The zero-order valence-electron chi connectivity index (χ0n) is 18.3. The van der Waals surface area contributed by atoms with Crippen LogP contribution >= 0.6 is 0 Å². The summed E-state index contributed by atoms with van der Waals surface area (Å²) in [5, 5.41) is 11.9. The summed E-state index contributed by atoms with van der Waals surface area (Å²) in [6.45, 7) is 4.34. The number of amides is 2. The molecule has 2 aromatic rings. The lowest BCUT2D eigenvalue weighted by atomic mass is 9.90. The number of carboxylic acids is 1. The summed E-state index contributed by atoms with van der Waals surface area (Å²) in [4.78, 5) is 38.2. The fourth-order valence-electron chi connectivity index (χ4n) is 4.86. The van der Waals surface area contributed by atoms with Crippen molar-refractivity contribution >= 4 is 18.0 Å². The topological polar surface area (TPSA) is 95.9 Å². The van der Waals surface area contributed by atoms with Crippen molar-refractivity contribution in [1.82, 2.24) is 10.2 Å². The molecule has 7 nitrogen and oxygen atoms in total. The van der Waals surface area contributed by atoms with Gasteiger partial charge >= 0.3 is 12.1 Å². The van der Waals surface area contributed by atoms with E-state index in [9.17, 15) is 19.5 Å². The van der Waals surface area contributed by atoms with E-state index in [0.29, 0.717) is 13.0 Å². The van der Waals surface area contributed by atoms with Crippen LogP contribution < -0.4 is 5.32 Å². The van der Waals surface area contributed by atoms with Crippen LogP contribution in [0.4, 0.5) is 4.79 Å². The number of aliphatic carboxylic acids is 1. The third-order valence-electron chi connectivity index (χ3n) is 6.37. The summed E-state index contributed by atoms with van der Waals surface area (Å²) < 4.78 is 5.51. The number of likely N-dealkylation sites (tertiary alicyclic amines) is 1. The van der Waals surface area contributed by atoms with Crippen molar-refractivity contribution < 1.29 is 24.2 Å². The Morgan fingerprint density at radius 3 is 2.25 bits per heavy atom. The zero-order chi connectivity index (χ0) is 22.8. The van der Waals surface area contributed by atoms with Crippen LogP contribution in [0.1, 0.15) is 37.3 Å². The first-order valence-electron chi connectivity index (χ1n) is 11.0. The molecule has 2 aromatic carbocycles. The van der Waals surface area contributed by atoms with Gasteiger partial charge in [0.15, 0.2) is 0 Å². The summed E-state index contributed by atoms with van der Waals surface area (Å²) in [6, 6.07) is 15.4. The lowest BCUT2D eigenvalue weighted by molar-refractivity contribution is -0.147. The Kier molecular flexibility index (Phi) is 6.17. The van der Waals surface area contributed by atoms with E-state index < -0.39 is 24.0 Å². The number of ether oxygens (including phenoxy) is 1. The third kappa shape index (κ3) is 4.33. The summed E-state index contributed by atoms with van der Waals surface area (Å²) in [5.41, 5.74) is 4.53. The molecule has 7 heteroatoms. The molecule has 0 spiro atoms. The standard InChI is InChI=1S/C25H28N2O5/c1-15-11-17(24(29)30)13-27(12-15)23(28)16(2)26-25(31)32-14-22-20-9-5-3-7-18(20)19-8-4-6-10-21(19)22/h3-10,15-17,22H,11-14H2,1-2H3,(H,26,31)(H,29,30)/t15?,16-,17?/m0/s1. The molecule has 2 amide bonds. The molecule has 2 unspecified atom stereocenters. The third-order valence-corrected chi connectivity index (χ3v) is 6.37. The molecular formula is C25H28N2O5. The molecule has 168 valence electrons. The highest BCUT2D eigenvalue weighted by Crippen LogP contribution is 2.44. The van der Waals surface area contributed by atoms with Gasteiger partial charge in [-0.05, 0) is 41.5 Å². The monoisotopic (exact) mass is 436 g/mol. The molecule has 4 rings (SSSR count). The number of rotatable bonds is 5. The number of nitrogens with zero attached hydrogens (tertiary/aromatic N) is 1. The Labute approximate surface area is 187 Å². The maximum absolute atomic E-state index is 12.8. The summed E-state index contributed by atoms with van der Waals surface area (Å²) in [6.07, 6.45) is -0.111. The highest BCUT2D eigenvalue weighted by atomic mass is 16.5. The van der Waals surface area contributed by atoms with E-state index >= 15 is 0 Å². The van der Waals surface area contributed by atoms with Gasteiger partial charge in [0.25, 0.3) is 0 Å². The molecule has 1 aliphatic carbocycles. The van der Waals surface area contributed by atoms with Gasteiger partial charge in [0.05, 0.1) is 5.92 Å². The van der Waals surface area contributed by atoms with Gasteiger partial charge in [-0.15, -0.1) is 0 Å². The molecule has 2 N–H and O–H groups in total. The molecule has 3 atom stereocenters. The Morgan fingerprint density at radius 2 is 1.66 bits per heavy atom. The van der Waals surface area contributed by atoms with E-state index in [1.54, 1.807) is 6.92 Å². The van der Waals surface area contributed by atoms with E-state index in [1.807, 2.05) is 43.3 Å². The van der Waals surface area contributed by atoms with Gasteiger partial charge in [-0.2, -0.15) is 0 Å². The van der Waals surface area contributed by atoms with Crippen molar-refractivity contribution in [2.45, 2.75) is 32.2 Å². The van der Waals surface area contributed by atoms with Crippen LogP contribution in [0.15, 0.2) is 48.5 Å². The maximum Gasteiger partial charge on any atom is 0.407 e. The number of carbonyl (C=O) groups excluding carboxylic acids is 2. The largest absolute Gasteiger partial charge is 0.481 e. The Hall–Kier alpha value is -3.35. The minimum Gasteiger partial charge on any atom is -0.481 e. The zero-order valence-corrected chi connectivity index (χ0v) is 18.3. The first-order valence-corrected chi connectivity index (χ1v) is 11.0. The number of piperidine rings is 1. The van der Waals surface area contributed by atoms with Crippen molar-refractivity contribution in [2.24, 2.45) is 11.8 Å². The molecule has 1 saturated heterocycles. The molecule has 0 bridgehead atoms. The molecule has 0 saturated carbocycles. The smallest absolute Gasteiger partial charge is 0.407 e. The fourth-order valence-corrected chi connectivity index (χ4v) is 4.86. The highest BCUT2D eigenvalue weighted by molar-refractivity contribution is 5.86. The van der Waals surface area contributed by atoms with Gasteiger partial charge in [-0.25, -0.2) is 4.79 Å². The number of hydrogen-bond acceptors (Lipinski definition) is 4. The molecular weight excluding hydrogens is 408 g/mol. The van der Waals surface area contributed by atoms with Gasteiger partial charge in [-0.1, -0.05) is 55.5 Å². The van der Waals surface area contributed by atoms with Crippen LogP contribution in [-0.4, -0.2) is 53.7 Å². The lowest BCUT2D eigenvalue weighted by Gasteiger charge is -2.36. The van der Waals surface area contributed by atoms with Crippen LogP contribution in [0.2, 0.25) is 0 Å². The van der Waals surface area contributed by atoms with Gasteiger partial charge in [0, 0.05) is 19.0 Å². The van der Waals surface area contributed by atoms with Crippen molar-refractivity contribution in [1.29, 1.82) is 0 Å².